The van der Waals surface area contributed by atoms with Crippen molar-refractivity contribution in [1.82, 2.24) is 0 Å². The fraction of sp³-hybridized carbons (Fsp3) is 0. The van der Waals surface area contributed by atoms with E-state index in [1.54, 1.807) is 18.2 Å². The molecule has 3 aromatic rings. The summed E-state index contributed by atoms with van der Waals surface area (Å²) in [5, 5.41) is 0. The van der Waals surface area contributed by atoms with Gasteiger partial charge in [0, 0.05) is 0 Å². The van der Waals surface area contributed by atoms with E-state index in [2.05, 4.69) is 14.5 Å². The summed E-state index contributed by atoms with van der Waals surface area (Å²) in [4.78, 5) is 52.2. The number of para-hydroxylation sites is 3. The summed E-state index contributed by atoms with van der Waals surface area (Å²) < 4.78 is 15.9. The quantitative estimate of drug-likeness (QED) is 0.220. The first-order chi connectivity index (χ1) is 16.5. The van der Waals surface area contributed by atoms with Crippen molar-refractivity contribution in [3.63, 3.8) is 0 Å². The van der Waals surface area contributed by atoms with Gasteiger partial charge in [-0.15, -0.1) is 0 Å². The number of benzene rings is 3. The van der Waals surface area contributed by atoms with Crippen LogP contribution in [0.25, 0.3) is 0 Å². The molecule has 6 N–H and O–H groups in total. The van der Waals surface area contributed by atoms with Crippen LogP contribution in [0.5, 0.6) is 17.2 Å². The zero-order valence-corrected chi connectivity index (χ0v) is 20.8. The van der Waals surface area contributed by atoms with Crippen molar-refractivity contribution in [3.05, 3.63) is 89.5 Å². The van der Waals surface area contributed by atoms with Gasteiger partial charge in [-0.3, -0.25) is 0 Å². The first kappa shape index (κ1) is 24.9. The molecule has 0 radical (unpaired) electrons. The van der Waals surface area contributed by atoms with E-state index in [9.17, 15) is 14.4 Å². The third-order valence-electron chi connectivity index (χ3n) is 4.17. The number of rotatable bonds is 9. The van der Waals surface area contributed by atoms with Gasteiger partial charge >= 0.3 is 203 Å². The molecule has 0 saturated heterocycles. The third-order valence-corrected chi connectivity index (χ3v) is 7.85. The molecule has 0 aliphatic rings. The summed E-state index contributed by atoms with van der Waals surface area (Å²) in [5.41, 5.74) is -0.226. The van der Waals surface area contributed by atoms with E-state index in [0.717, 1.165) is 0 Å². The van der Waals surface area contributed by atoms with Crippen LogP contribution in [0.2, 0.25) is 0 Å². The molecule has 0 aliphatic carbocycles. The topological polar surface area (TPSA) is 185 Å². The number of carbonyl (C=O) groups is 3. The minimum absolute atomic E-state index is 0.00198. The molecule has 0 spiro atoms. The maximum absolute atomic E-state index is 12.7. The molecule has 0 saturated carbocycles. The summed E-state index contributed by atoms with van der Waals surface area (Å²) in [5.74, 6) is 12.6. The first-order valence-electron chi connectivity index (χ1n) is 9.32. The Morgan fingerprint density at radius 1 is 0.500 bits per heavy atom. The maximum atomic E-state index is 12.7. The number of nitrogens with two attached hydrogens (primary N) is 3. The average Bonchev–Trinajstić information content (AvgIpc) is 2.88. The molecule has 0 atom stereocenters. The van der Waals surface area contributed by atoms with Crippen LogP contribution in [0.15, 0.2) is 72.8 Å². The molecule has 13 heteroatoms. The fourth-order valence-corrected chi connectivity index (χ4v) is 5.78. The summed E-state index contributed by atoms with van der Waals surface area (Å²) in [7, 11) is 0. The van der Waals surface area contributed by atoms with Crippen LogP contribution in [-0.2, 0) is 8.44 Å². The molecular formula is C21H18BiN3O9. The Balaban J connectivity index is 1.88. The predicted octanol–water partition coefficient (Wildman–Crippen LogP) is 1.30. The van der Waals surface area contributed by atoms with Gasteiger partial charge in [-0.05, 0) is 0 Å². The van der Waals surface area contributed by atoms with E-state index < -0.39 is 41.0 Å². The van der Waals surface area contributed by atoms with E-state index in [1.807, 2.05) is 0 Å². The van der Waals surface area contributed by atoms with Crippen molar-refractivity contribution in [2.45, 2.75) is 0 Å². The number of hydrogen-bond acceptors (Lipinski definition) is 12. The Kier molecular flexibility index (Phi) is 8.71. The average molecular weight is 665 g/mol. The summed E-state index contributed by atoms with van der Waals surface area (Å²) in [6.07, 6.45) is 0. The molecular weight excluding hydrogens is 647 g/mol. The van der Waals surface area contributed by atoms with Gasteiger partial charge in [0.25, 0.3) is 0 Å². The van der Waals surface area contributed by atoms with Gasteiger partial charge in [-0.1, -0.05) is 0 Å². The molecule has 0 unspecified atom stereocenters. The zero-order chi connectivity index (χ0) is 24.5. The standard InChI is InChI=1S/3C7H7NO3.Bi/c3*8-11-6-4-2-1-3-5(6)7(9)10;/h3*1-4H,8H2,(H,9,10);/q;;;+3/p-3. The second-order valence-corrected chi connectivity index (χ2v) is 10.1. The van der Waals surface area contributed by atoms with Crippen LogP contribution in [0.4, 0.5) is 0 Å². The van der Waals surface area contributed by atoms with E-state index in [0.29, 0.717) is 0 Å². The van der Waals surface area contributed by atoms with Crippen molar-refractivity contribution >= 4 is 41.0 Å². The van der Waals surface area contributed by atoms with Crippen molar-refractivity contribution in [1.29, 1.82) is 0 Å². The van der Waals surface area contributed by atoms with Crippen molar-refractivity contribution in [2.24, 2.45) is 17.7 Å². The molecule has 0 bridgehead atoms. The fourth-order valence-electron chi connectivity index (χ4n) is 2.62. The summed E-state index contributed by atoms with van der Waals surface area (Å²) in [6.45, 7) is 0. The first-order valence-corrected chi connectivity index (χ1v) is 13.6. The molecule has 0 aromatic heterocycles. The van der Waals surface area contributed by atoms with Crippen LogP contribution in [-0.4, -0.2) is 41.0 Å². The Morgan fingerprint density at radius 3 is 1.03 bits per heavy atom. The molecule has 0 amide bonds. The van der Waals surface area contributed by atoms with Crippen LogP contribution < -0.4 is 32.2 Å². The summed E-state index contributed by atoms with van der Waals surface area (Å²) >= 11 is -4.65. The molecule has 3 rings (SSSR count). The van der Waals surface area contributed by atoms with E-state index in [4.69, 9.17) is 26.1 Å². The summed E-state index contributed by atoms with van der Waals surface area (Å²) in [6, 6.07) is 17.7. The minimum atomic E-state index is -4.65. The van der Waals surface area contributed by atoms with Gasteiger partial charge in [0.05, 0.1) is 0 Å². The van der Waals surface area contributed by atoms with E-state index in [1.165, 1.54) is 54.6 Å². The Bertz CT molecular complexity index is 1050. The Morgan fingerprint density at radius 2 is 0.765 bits per heavy atom. The molecule has 3 aromatic carbocycles. The predicted molar refractivity (Wildman–Crippen MR) is 116 cm³/mol. The Hall–Kier alpha value is -3.77. The van der Waals surface area contributed by atoms with Crippen LogP contribution in [0.3, 0.4) is 0 Å². The second-order valence-electron chi connectivity index (χ2n) is 6.20. The molecule has 176 valence electrons. The van der Waals surface area contributed by atoms with Crippen LogP contribution in [0, 0.1) is 0 Å². The monoisotopic (exact) mass is 665 g/mol. The van der Waals surface area contributed by atoms with Crippen molar-refractivity contribution < 1.29 is 37.3 Å². The molecule has 0 aliphatic heterocycles. The molecule has 12 nitrogen and oxygen atoms in total. The van der Waals surface area contributed by atoms with Gasteiger partial charge < -0.3 is 0 Å². The van der Waals surface area contributed by atoms with Crippen molar-refractivity contribution in [3.8, 4) is 17.2 Å². The SMILES string of the molecule is NOc1ccccc1C(=O)[O][Bi]([O]C(=O)c1ccccc1ON)[O]C(=O)c1ccccc1ON. The molecule has 0 fully saturated rings. The van der Waals surface area contributed by atoms with Gasteiger partial charge in [0.1, 0.15) is 0 Å². The third kappa shape index (κ3) is 5.97. The molecule has 34 heavy (non-hydrogen) atoms. The van der Waals surface area contributed by atoms with E-state index in [-0.39, 0.29) is 33.9 Å². The second kappa shape index (κ2) is 11.9. The molecule has 0 heterocycles. The van der Waals surface area contributed by atoms with E-state index >= 15 is 0 Å². The van der Waals surface area contributed by atoms with Crippen LogP contribution >= 0.6 is 0 Å². The van der Waals surface area contributed by atoms with Crippen molar-refractivity contribution in [2.75, 3.05) is 0 Å². The van der Waals surface area contributed by atoms with Crippen LogP contribution in [0.1, 0.15) is 31.1 Å². The Labute approximate surface area is 202 Å². The number of carbonyl (C=O) groups excluding carboxylic acids is 3. The zero-order valence-electron chi connectivity index (χ0n) is 17.3. The van der Waals surface area contributed by atoms with Gasteiger partial charge in [0.15, 0.2) is 0 Å². The number of hydrogen-bond donors (Lipinski definition) is 3. The van der Waals surface area contributed by atoms with Gasteiger partial charge in [-0.25, -0.2) is 0 Å². The normalized spacial score (nSPS) is 10.2. The van der Waals surface area contributed by atoms with Gasteiger partial charge in [0.2, 0.25) is 0 Å². The van der Waals surface area contributed by atoms with Gasteiger partial charge in [-0.2, -0.15) is 0 Å².